The Hall–Kier alpha value is -2.09. The largest absolute Gasteiger partial charge is 0.484 e. The third-order valence-corrected chi connectivity index (χ3v) is 3.98. The van der Waals surface area contributed by atoms with E-state index in [0.29, 0.717) is 5.75 Å². The van der Waals surface area contributed by atoms with Gasteiger partial charge >= 0.3 is 6.18 Å². The maximum Gasteiger partial charge on any atom is 0.438 e. The van der Waals surface area contributed by atoms with Gasteiger partial charge in [0, 0.05) is 12.1 Å². The average Bonchev–Trinajstić information content (AvgIpc) is 2.86. The van der Waals surface area contributed by atoms with Crippen LogP contribution in [0.2, 0.25) is 0 Å². The Bertz CT molecular complexity index is 673. The van der Waals surface area contributed by atoms with Crippen molar-refractivity contribution in [1.82, 2.24) is 5.01 Å². The molecule has 8 heteroatoms. The molecule has 0 aliphatic carbocycles. The number of hydrogen-bond acceptors (Lipinski definition) is 4. The highest BCUT2D eigenvalue weighted by molar-refractivity contribution is 5.90. The lowest BCUT2D eigenvalue weighted by Crippen LogP contribution is -2.57. The standard InChI is InChI=1S/C16H19F3N2O3/c1-4-12-8-15(23,16(17,18)19)21(20-12)14(22)9-24-13-6-5-10(2)11(3)7-13/h5-7,23H,4,8-9H2,1-3H3. The topological polar surface area (TPSA) is 62.1 Å². The zero-order chi connectivity index (χ0) is 18.1. The summed E-state index contributed by atoms with van der Waals surface area (Å²) in [7, 11) is 0. The van der Waals surface area contributed by atoms with Crippen molar-refractivity contribution < 1.29 is 27.8 Å². The lowest BCUT2D eigenvalue weighted by atomic mass is 10.1. The molecule has 1 aromatic rings. The lowest BCUT2D eigenvalue weighted by Gasteiger charge is -2.32. The van der Waals surface area contributed by atoms with Crippen molar-refractivity contribution in [3.8, 4) is 5.75 Å². The van der Waals surface area contributed by atoms with Crippen LogP contribution in [0.4, 0.5) is 13.2 Å². The number of ether oxygens (including phenoxy) is 1. The number of hydrazone groups is 1. The minimum absolute atomic E-state index is 0.0902. The SMILES string of the molecule is CCC1=NN(C(=O)COc2ccc(C)c(C)c2)C(O)(C(F)(F)F)C1. The second-order valence-corrected chi connectivity index (χ2v) is 5.75. The predicted octanol–water partition coefficient (Wildman–Crippen LogP) is 2.93. The summed E-state index contributed by atoms with van der Waals surface area (Å²) in [6.07, 6.45) is -5.55. The van der Waals surface area contributed by atoms with Crippen LogP contribution in [-0.2, 0) is 4.79 Å². The minimum atomic E-state index is -5.01. The average molecular weight is 344 g/mol. The third kappa shape index (κ3) is 3.38. The van der Waals surface area contributed by atoms with Crippen LogP contribution in [0.15, 0.2) is 23.3 Å². The molecule has 0 bridgehead atoms. The highest BCUT2D eigenvalue weighted by atomic mass is 19.4. The molecule has 1 heterocycles. The Morgan fingerprint density at radius 3 is 2.58 bits per heavy atom. The molecule has 0 saturated carbocycles. The molecule has 1 N–H and O–H groups in total. The zero-order valence-corrected chi connectivity index (χ0v) is 13.6. The van der Waals surface area contributed by atoms with Gasteiger partial charge in [-0.3, -0.25) is 4.79 Å². The highest BCUT2D eigenvalue weighted by Gasteiger charge is 2.62. The van der Waals surface area contributed by atoms with E-state index in [9.17, 15) is 23.1 Å². The summed E-state index contributed by atoms with van der Waals surface area (Å²) in [4.78, 5) is 12.1. The first-order chi connectivity index (χ1) is 11.1. The monoisotopic (exact) mass is 344 g/mol. The number of rotatable bonds is 4. The lowest BCUT2D eigenvalue weighted by molar-refractivity contribution is -0.302. The normalized spacial score (nSPS) is 21.0. The number of nitrogens with zero attached hydrogens (tertiary/aromatic N) is 2. The van der Waals surface area contributed by atoms with E-state index >= 15 is 0 Å². The molecule has 0 saturated heterocycles. The van der Waals surface area contributed by atoms with Gasteiger partial charge in [0.25, 0.3) is 11.6 Å². The summed E-state index contributed by atoms with van der Waals surface area (Å²) in [5.74, 6) is -0.697. The van der Waals surface area contributed by atoms with Crippen LogP contribution in [0.1, 0.15) is 30.9 Å². The van der Waals surface area contributed by atoms with Gasteiger partial charge in [0.05, 0.1) is 0 Å². The van der Waals surface area contributed by atoms with E-state index in [1.54, 1.807) is 25.1 Å². The fraction of sp³-hybridized carbons (Fsp3) is 0.500. The first-order valence-electron chi connectivity index (χ1n) is 7.47. The summed E-state index contributed by atoms with van der Waals surface area (Å²) in [5.41, 5.74) is -1.26. The van der Waals surface area contributed by atoms with Crippen molar-refractivity contribution in [3.05, 3.63) is 29.3 Å². The zero-order valence-electron chi connectivity index (χ0n) is 13.6. The summed E-state index contributed by atoms with van der Waals surface area (Å²) in [5, 5.41) is 13.7. The Balaban J connectivity index is 2.14. The molecule has 1 aliphatic heterocycles. The Morgan fingerprint density at radius 1 is 1.38 bits per heavy atom. The number of amides is 1. The first kappa shape index (κ1) is 18.3. The molecule has 5 nitrogen and oxygen atoms in total. The molecule has 0 fully saturated rings. The Morgan fingerprint density at radius 2 is 2.04 bits per heavy atom. The van der Waals surface area contributed by atoms with E-state index in [1.165, 1.54) is 0 Å². The van der Waals surface area contributed by atoms with E-state index in [0.717, 1.165) is 11.1 Å². The van der Waals surface area contributed by atoms with Crippen LogP contribution in [-0.4, -0.2) is 40.2 Å². The van der Waals surface area contributed by atoms with Crippen molar-refractivity contribution in [2.45, 2.75) is 45.5 Å². The molecule has 24 heavy (non-hydrogen) atoms. The van der Waals surface area contributed by atoms with Gasteiger partial charge in [0.2, 0.25) is 0 Å². The van der Waals surface area contributed by atoms with Gasteiger partial charge in [-0.25, -0.2) is 0 Å². The number of alkyl halides is 3. The number of hydrogen-bond donors (Lipinski definition) is 1. The van der Waals surface area contributed by atoms with E-state index in [1.807, 2.05) is 13.8 Å². The van der Waals surface area contributed by atoms with E-state index in [-0.39, 0.29) is 17.1 Å². The van der Waals surface area contributed by atoms with Crippen LogP contribution in [0.3, 0.4) is 0 Å². The maximum atomic E-state index is 13.2. The minimum Gasteiger partial charge on any atom is -0.484 e. The molecule has 2 rings (SSSR count). The number of carbonyl (C=O) groups is 1. The number of carbonyl (C=O) groups excluding carboxylic acids is 1. The summed E-state index contributed by atoms with van der Waals surface area (Å²) >= 11 is 0. The van der Waals surface area contributed by atoms with Gasteiger partial charge < -0.3 is 9.84 Å². The molecule has 1 atom stereocenters. The molecule has 1 unspecified atom stereocenters. The quantitative estimate of drug-likeness (QED) is 0.913. The number of aryl methyl sites for hydroxylation is 2. The molecule has 0 spiro atoms. The van der Waals surface area contributed by atoms with Crippen LogP contribution in [0, 0.1) is 13.8 Å². The van der Waals surface area contributed by atoms with E-state index in [4.69, 9.17) is 4.74 Å². The van der Waals surface area contributed by atoms with Crippen molar-refractivity contribution in [2.75, 3.05) is 6.61 Å². The first-order valence-corrected chi connectivity index (χ1v) is 7.47. The van der Waals surface area contributed by atoms with E-state index < -0.39 is 30.8 Å². The van der Waals surface area contributed by atoms with Crippen LogP contribution < -0.4 is 4.74 Å². The molecule has 0 aromatic heterocycles. The Kier molecular flexibility index (Phi) is 4.89. The number of halogens is 3. The van der Waals surface area contributed by atoms with Crippen molar-refractivity contribution in [1.29, 1.82) is 0 Å². The fourth-order valence-corrected chi connectivity index (χ4v) is 2.31. The number of aliphatic hydroxyl groups is 1. The van der Waals surface area contributed by atoms with Gasteiger partial charge in [0.15, 0.2) is 6.61 Å². The van der Waals surface area contributed by atoms with Crippen LogP contribution in [0.5, 0.6) is 5.75 Å². The molecular formula is C16H19F3N2O3. The van der Waals surface area contributed by atoms with Crippen molar-refractivity contribution >= 4 is 11.6 Å². The van der Waals surface area contributed by atoms with Crippen molar-refractivity contribution in [2.24, 2.45) is 5.10 Å². The van der Waals surface area contributed by atoms with Gasteiger partial charge in [-0.1, -0.05) is 13.0 Å². The third-order valence-electron chi connectivity index (χ3n) is 3.98. The second-order valence-electron chi connectivity index (χ2n) is 5.75. The van der Waals surface area contributed by atoms with E-state index in [2.05, 4.69) is 5.10 Å². The molecule has 1 aromatic carbocycles. The van der Waals surface area contributed by atoms with Gasteiger partial charge in [-0.2, -0.15) is 23.3 Å². The second kappa shape index (κ2) is 6.43. The maximum absolute atomic E-state index is 13.2. The number of benzene rings is 1. The van der Waals surface area contributed by atoms with Gasteiger partial charge in [-0.15, -0.1) is 0 Å². The van der Waals surface area contributed by atoms with Gasteiger partial charge in [0.1, 0.15) is 5.75 Å². The van der Waals surface area contributed by atoms with Crippen LogP contribution in [0.25, 0.3) is 0 Å². The highest BCUT2D eigenvalue weighted by Crippen LogP contribution is 2.40. The van der Waals surface area contributed by atoms with Crippen LogP contribution >= 0.6 is 0 Å². The summed E-state index contributed by atoms with van der Waals surface area (Å²) < 4.78 is 44.8. The van der Waals surface area contributed by atoms with Gasteiger partial charge in [-0.05, 0) is 43.5 Å². The molecule has 0 radical (unpaired) electrons. The molecule has 1 amide bonds. The summed E-state index contributed by atoms with van der Waals surface area (Å²) in [6.45, 7) is 4.71. The van der Waals surface area contributed by atoms with Crippen molar-refractivity contribution in [3.63, 3.8) is 0 Å². The smallest absolute Gasteiger partial charge is 0.438 e. The summed E-state index contributed by atoms with van der Waals surface area (Å²) in [6, 6.07) is 5.09. The predicted molar refractivity (Wildman–Crippen MR) is 81.6 cm³/mol. The Labute approximate surface area is 137 Å². The molecule has 1 aliphatic rings. The molecule has 132 valence electrons. The molecular weight excluding hydrogens is 325 g/mol. The fourth-order valence-electron chi connectivity index (χ4n) is 2.31.